The van der Waals surface area contributed by atoms with Crippen LogP contribution in [0, 0.1) is 5.82 Å². The van der Waals surface area contributed by atoms with Gasteiger partial charge in [0, 0.05) is 25.8 Å². The Morgan fingerprint density at radius 1 is 1.37 bits per heavy atom. The number of hydrogen-bond acceptors (Lipinski definition) is 4. The van der Waals surface area contributed by atoms with Gasteiger partial charge >= 0.3 is 0 Å². The zero-order valence-corrected chi connectivity index (χ0v) is 11.1. The lowest BCUT2D eigenvalue weighted by Gasteiger charge is -2.12. The van der Waals surface area contributed by atoms with E-state index in [0.29, 0.717) is 18.3 Å². The van der Waals surface area contributed by atoms with Crippen molar-refractivity contribution in [3.05, 3.63) is 29.6 Å². The van der Waals surface area contributed by atoms with Gasteiger partial charge in [0.1, 0.15) is 24.3 Å². The van der Waals surface area contributed by atoms with Crippen LogP contribution in [0.4, 0.5) is 4.39 Å². The van der Waals surface area contributed by atoms with E-state index in [2.05, 4.69) is 5.32 Å². The van der Waals surface area contributed by atoms with Gasteiger partial charge in [0.25, 0.3) is 0 Å². The number of benzene rings is 1. The summed E-state index contributed by atoms with van der Waals surface area (Å²) < 4.78 is 23.6. The second-order valence-corrected chi connectivity index (χ2v) is 4.87. The summed E-state index contributed by atoms with van der Waals surface area (Å²) in [5.41, 5.74) is 0.850. The third-order valence-electron chi connectivity index (χ3n) is 2.90. The van der Waals surface area contributed by atoms with Crippen molar-refractivity contribution in [2.75, 3.05) is 20.3 Å². The Labute approximate surface area is 112 Å². The monoisotopic (exact) mass is 269 g/mol. The summed E-state index contributed by atoms with van der Waals surface area (Å²) in [6.07, 6.45) is 1.69. The van der Waals surface area contributed by atoms with Gasteiger partial charge in [-0.15, -0.1) is 0 Å². The highest BCUT2D eigenvalue weighted by Crippen LogP contribution is 2.21. The van der Waals surface area contributed by atoms with E-state index in [0.717, 1.165) is 5.56 Å². The minimum Gasteiger partial charge on any atom is -0.491 e. The summed E-state index contributed by atoms with van der Waals surface area (Å²) >= 11 is 0. The third-order valence-corrected chi connectivity index (χ3v) is 2.90. The zero-order chi connectivity index (χ0) is 13.7. The molecular weight excluding hydrogens is 249 g/mol. The van der Waals surface area contributed by atoms with Crippen LogP contribution < -0.4 is 10.1 Å². The first-order valence-electron chi connectivity index (χ1n) is 6.50. The van der Waals surface area contributed by atoms with Crippen molar-refractivity contribution < 1.29 is 19.0 Å². The fourth-order valence-electron chi connectivity index (χ4n) is 1.79. The van der Waals surface area contributed by atoms with E-state index in [9.17, 15) is 9.50 Å². The first-order valence-corrected chi connectivity index (χ1v) is 6.50. The Kier molecular flexibility index (Phi) is 5.13. The fraction of sp³-hybridized carbons (Fsp3) is 0.571. The van der Waals surface area contributed by atoms with Crippen LogP contribution >= 0.6 is 0 Å². The first-order chi connectivity index (χ1) is 9.17. The maximum atomic E-state index is 13.4. The summed E-state index contributed by atoms with van der Waals surface area (Å²) in [4.78, 5) is 0. The second kappa shape index (κ2) is 6.84. The van der Waals surface area contributed by atoms with Crippen molar-refractivity contribution in [2.24, 2.45) is 0 Å². The third kappa shape index (κ3) is 5.14. The molecule has 0 spiro atoms. The lowest BCUT2D eigenvalue weighted by Crippen LogP contribution is -2.22. The summed E-state index contributed by atoms with van der Waals surface area (Å²) in [7, 11) is 1.51. The van der Waals surface area contributed by atoms with Gasteiger partial charge in [-0.2, -0.15) is 0 Å². The molecule has 0 radical (unpaired) electrons. The molecule has 106 valence electrons. The van der Waals surface area contributed by atoms with Crippen molar-refractivity contribution in [2.45, 2.75) is 31.5 Å². The molecule has 2 rings (SSSR count). The molecule has 0 heterocycles. The molecule has 0 amide bonds. The number of aliphatic hydroxyl groups is 1. The van der Waals surface area contributed by atoms with E-state index in [1.165, 1.54) is 32.1 Å². The maximum absolute atomic E-state index is 13.4. The van der Waals surface area contributed by atoms with Crippen LogP contribution in [0.1, 0.15) is 18.4 Å². The van der Waals surface area contributed by atoms with E-state index in [1.54, 1.807) is 6.07 Å². The standard InChI is InChI=1S/C14H20FNO3/c1-18-8-13(17)9-19-14-5-10(4-11(15)6-14)7-16-12-2-3-12/h4-6,12-13,16-17H,2-3,7-9H2,1H3. The minimum absolute atomic E-state index is 0.0901. The molecule has 1 unspecified atom stereocenters. The number of ether oxygens (including phenoxy) is 2. The Hall–Kier alpha value is -1.17. The molecule has 2 N–H and O–H groups in total. The van der Waals surface area contributed by atoms with Crippen molar-refractivity contribution in [3.63, 3.8) is 0 Å². The molecule has 1 aliphatic rings. The number of aliphatic hydroxyl groups excluding tert-OH is 1. The van der Waals surface area contributed by atoms with Crippen molar-refractivity contribution in [3.8, 4) is 5.75 Å². The lowest BCUT2D eigenvalue weighted by atomic mass is 10.2. The van der Waals surface area contributed by atoms with Crippen LogP contribution in [0.3, 0.4) is 0 Å². The van der Waals surface area contributed by atoms with E-state index in [1.807, 2.05) is 0 Å². The van der Waals surface area contributed by atoms with Crippen LogP contribution in [0.25, 0.3) is 0 Å². The molecule has 4 nitrogen and oxygen atoms in total. The lowest BCUT2D eigenvalue weighted by molar-refractivity contribution is 0.0324. The van der Waals surface area contributed by atoms with Crippen LogP contribution in [-0.2, 0) is 11.3 Å². The molecule has 0 bridgehead atoms. The highest BCUT2D eigenvalue weighted by Gasteiger charge is 2.20. The van der Waals surface area contributed by atoms with Crippen molar-refractivity contribution in [1.82, 2.24) is 5.32 Å². The number of methoxy groups -OCH3 is 1. The molecule has 1 aliphatic carbocycles. The van der Waals surface area contributed by atoms with Crippen LogP contribution in [0.2, 0.25) is 0 Å². The van der Waals surface area contributed by atoms with Gasteiger partial charge in [-0.05, 0) is 30.5 Å². The van der Waals surface area contributed by atoms with Gasteiger partial charge in [-0.3, -0.25) is 0 Å². The summed E-state index contributed by atoms with van der Waals surface area (Å²) in [5, 5.41) is 12.8. The molecule has 5 heteroatoms. The fourth-order valence-corrected chi connectivity index (χ4v) is 1.79. The Morgan fingerprint density at radius 3 is 2.84 bits per heavy atom. The zero-order valence-electron chi connectivity index (χ0n) is 11.1. The second-order valence-electron chi connectivity index (χ2n) is 4.87. The summed E-state index contributed by atoms with van der Waals surface area (Å²) in [5.74, 6) is 0.106. The van der Waals surface area contributed by atoms with Gasteiger partial charge in [-0.1, -0.05) is 0 Å². The number of rotatable bonds is 8. The quantitative estimate of drug-likeness (QED) is 0.750. The molecule has 0 saturated heterocycles. The summed E-state index contributed by atoms with van der Waals surface area (Å²) in [6.45, 7) is 0.928. The molecule has 1 aromatic rings. The summed E-state index contributed by atoms with van der Waals surface area (Å²) in [6, 6.07) is 5.18. The van der Waals surface area contributed by atoms with Gasteiger partial charge in [0.15, 0.2) is 0 Å². The van der Waals surface area contributed by atoms with Gasteiger partial charge in [-0.25, -0.2) is 4.39 Å². The predicted molar refractivity (Wildman–Crippen MR) is 69.6 cm³/mol. The Balaban J connectivity index is 1.87. The van der Waals surface area contributed by atoms with Crippen LogP contribution in [0.5, 0.6) is 5.75 Å². The van der Waals surface area contributed by atoms with Gasteiger partial charge in [0.05, 0.1) is 6.61 Å². The largest absolute Gasteiger partial charge is 0.491 e. The highest BCUT2D eigenvalue weighted by atomic mass is 19.1. The first kappa shape index (κ1) is 14.2. The molecule has 1 saturated carbocycles. The topological polar surface area (TPSA) is 50.7 Å². The maximum Gasteiger partial charge on any atom is 0.127 e. The molecule has 1 atom stereocenters. The number of halogens is 1. The molecule has 1 aromatic carbocycles. The normalized spacial score (nSPS) is 16.4. The smallest absolute Gasteiger partial charge is 0.127 e. The Morgan fingerprint density at radius 2 is 2.16 bits per heavy atom. The average molecular weight is 269 g/mol. The molecule has 0 aliphatic heterocycles. The average Bonchev–Trinajstić information content (AvgIpc) is 3.18. The van der Waals surface area contributed by atoms with Crippen LogP contribution in [0.15, 0.2) is 18.2 Å². The molecule has 1 fully saturated rings. The predicted octanol–water partition coefficient (Wildman–Crippen LogP) is 1.46. The molecule has 19 heavy (non-hydrogen) atoms. The highest BCUT2D eigenvalue weighted by molar-refractivity contribution is 5.29. The van der Waals surface area contributed by atoms with Gasteiger partial charge in [0.2, 0.25) is 0 Å². The molecule has 0 aromatic heterocycles. The minimum atomic E-state index is -0.707. The number of nitrogens with one attached hydrogen (secondary N) is 1. The van der Waals surface area contributed by atoms with Crippen molar-refractivity contribution >= 4 is 0 Å². The van der Waals surface area contributed by atoms with E-state index >= 15 is 0 Å². The molecular formula is C14H20FNO3. The van der Waals surface area contributed by atoms with Crippen LogP contribution in [-0.4, -0.2) is 37.6 Å². The van der Waals surface area contributed by atoms with E-state index in [-0.39, 0.29) is 19.0 Å². The Bertz CT molecular complexity index is 410. The number of hydrogen-bond donors (Lipinski definition) is 2. The van der Waals surface area contributed by atoms with E-state index < -0.39 is 6.10 Å². The van der Waals surface area contributed by atoms with Crippen molar-refractivity contribution in [1.29, 1.82) is 0 Å². The van der Waals surface area contributed by atoms with Gasteiger partial charge < -0.3 is 19.9 Å². The SMILES string of the molecule is COCC(O)COc1cc(F)cc(CNC2CC2)c1. The van der Waals surface area contributed by atoms with E-state index in [4.69, 9.17) is 9.47 Å².